The van der Waals surface area contributed by atoms with E-state index in [1.54, 1.807) is 0 Å². The summed E-state index contributed by atoms with van der Waals surface area (Å²) in [5.74, 6) is 0.742. The standard InChI is InChI=1S/C21H35NO3/c1-2-19-10-16-11-20(13-19,15-21(24,12-16)14-19)18(23)22-8-5-9-25-17-6-3-4-7-17/h16-17,24H,2-15H2,1H3,(H,22,23). The summed E-state index contributed by atoms with van der Waals surface area (Å²) in [6.45, 7) is 3.70. The van der Waals surface area contributed by atoms with Gasteiger partial charge in [-0.05, 0) is 69.1 Å². The van der Waals surface area contributed by atoms with E-state index in [1.165, 1.54) is 32.1 Å². The fourth-order valence-corrected chi connectivity index (χ4v) is 7.00. The van der Waals surface area contributed by atoms with Crippen LogP contribution in [0.4, 0.5) is 0 Å². The van der Waals surface area contributed by atoms with Crippen molar-refractivity contribution in [2.24, 2.45) is 16.7 Å². The van der Waals surface area contributed by atoms with E-state index in [9.17, 15) is 9.90 Å². The van der Waals surface area contributed by atoms with Gasteiger partial charge >= 0.3 is 0 Å². The zero-order chi connectivity index (χ0) is 17.5. The molecule has 4 heteroatoms. The molecule has 4 unspecified atom stereocenters. The topological polar surface area (TPSA) is 58.6 Å². The van der Waals surface area contributed by atoms with E-state index in [1.807, 2.05) is 0 Å². The van der Waals surface area contributed by atoms with Crippen LogP contribution in [-0.2, 0) is 9.53 Å². The Bertz CT molecular complexity index is 517. The predicted octanol–water partition coefficient (Wildman–Crippen LogP) is 3.56. The molecule has 0 radical (unpaired) electrons. The molecule has 5 saturated carbocycles. The molecule has 0 aromatic carbocycles. The van der Waals surface area contributed by atoms with Gasteiger partial charge in [0.05, 0.1) is 17.1 Å². The van der Waals surface area contributed by atoms with Crippen LogP contribution in [0.15, 0.2) is 0 Å². The maximum atomic E-state index is 13.1. The summed E-state index contributed by atoms with van der Waals surface area (Å²) in [5.41, 5.74) is -0.689. The first-order chi connectivity index (χ1) is 12.0. The molecule has 5 aliphatic carbocycles. The third kappa shape index (κ3) is 3.37. The molecule has 0 spiro atoms. The zero-order valence-electron chi connectivity index (χ0n) is 15.8. The minimum Gasteiger partial charge on any atom is -0.390 e. The lowest BCUT2D eigenvalue weighted by Gasteiger charge is -2.64. The quantitative estimate of drug-likeness (QED) is 0.691. The summed E-state index contributed by atoms with van der Waals surface area (Å²) < 4.78 is 5.89. The number of hydrogen-bond acceptors (Lipinski definition) is 3. The van der Waals surface area contributed by atoms with E-state index in [-0.39, 0.29) is 16.7 Å². The summed E-state index contributed by atoms with van der Waals surface area (Å²) in [4.78, 5) is 13.1. The first-order valence-electron chi connectivity index (χ1n) is 10.6. The van der Waals surface area contributed by atoms with Gasteiger partial charge in [-0.3, -0.25) is 4.79 Å². The summed E-state index contributed by atoms with van der Waals surface area (Å²) >= 11 is 0. The lowest BCUT2D eigenvalue weighted by molar-refractivity contribution is -0.204. The largest absolute Gasteiger partial charge is 0.390 e. The van der Waals surface area contributed by atoms with Crippen molar-refractivity contribution in [2.45, 2.75) is 95.7 Å². The van der Waals surface area contributed by atoms with Crippen LogP contribution in [0, 0.1) is 16.7 Å². The molecular formula is C21H35NO3. The maximum absolute atomic E-state index is 13.1. The van der Waals surface area contributed by atoms with Crippen LogP contribution in [0.2, 0.25) is 0 Å². The van der Waals surface area contributed by atoms with Crippen LogP contribution in [0.5, 0.6) is 0 Å². The number of amides is 1. The normalized spacial score (nSPS) is 42.9. The Labute approximate surface area is 152 Å². The molecule has 0 aromatic heterocycles. The molecular weight excluding hydrogens is 314 g/mol. The average molecular weight is 350 g/mol. The van der Waals surface area contributed by atoms with Gasteiger partial charge in [-0.15, -0.1) is 0 Å². The monoisotopic (exact) mass is 349 g/mol. The predicted molar refractivity (Wildman–Crippen MR) is 97.1 cm³/mol. The van der Waals surface area contributed by atoms with Crippen molar-refractivity contribution < 1.29 is 14.6 Å². The van der Waals surface area contributed by atoms with Gasteiger partial charge in [-0.2, -0.15) is 0 Å². The Morgan fingerprint density at radius 2 is 1.96 bits per heavy atom. The first kappa shape index (κ1) is 17.8. The van der Waals surface area contributed by atoms with E-state index in [4.69, 9.17) is 4.74 Å². The highest BCUT2D eigenvalue weighted by molar-refractivity contribution is 5.83. The molecule has 5 rings (SSSR count). The van der Waals surface area contributed by atoms with Gasteiger partial charge < -0.3 is 15.2 Å². The third-order valence-corrected chi connectivity index (χ3v) is 7.65. The highest BCUT2D eigenvalue weighted by atomic mass is 16.5. The number of rotatable bonds is 7. The van der Waals surface area contributed by atoms with Crippen LogP contribution in [-0.4, -0.2) is 35.9 Å². The Morgan fingerprint density at radius 3 is 2.68 bits per heavy atom. The van der Waals surface area contributed by atoms with Crippen molar-refractivity contribution in [1.82, 2.24) is 5.32 Å². The average Bonchev–Trinajstić information content (AvgIpc) is 3.05. The zero-order valence-corrected chi connectivity index (χ0v) is 15.8. The number of carbonyl (C=O) groups excluding carboxylic acids is 1. The molecule has 4 bridgehead atoms. The second-order valence-electron chi connectivity index (χ2n) is 9.75. The number of aliphatic hydroxyl groups is 1. The summed E-state index contributed by atoms with van der Waals surface area (Å²) in [6, 6.07) is 0. The van der Waals surface area contributed by atoms with Crippen molar-refractivity contribution in [3.8, 4) is 0 Å². The van der Waals surface area contributed by atoms with Gasteiger partial charge in [0.2, 0.25) is 5.91 Å². The highest BCUT2D eigenvalue weighted by Crippen LogP contribution is 2.67. The van der Waals surface area contributed by atoms with Crippen molar-refractivity contribution in [1.29, 1.82) is 0 Å². The Balaban J connectivity index is 1.30. The summed E-state index contributed by atoms with van der Waals surface area (Å²) in [5, 5.41) is 14.2. The molecule has 2 N–H and O–H groups in total. The molecule has 5 fully saturated rings. The fraction of sp³-hybridized carbons (Fsp3) is 0.952. The third-order valence-electron chi connectivity index (χ3n) is 7.65. The maximum Gasteiger partial charge on any atom is 0.226 e. The van der Waals surface area contributed by atoms with Crippen LogP contribution in [0.25, 0.3) is 0 Å². The SMILES string of the molecule is CCC12CC3CC(O)(C1)CC(C(=O)NCCCOC1CCCC1)(C3)C2. The summed E-state index contributed by atoms with van der Waals surface area (Å²) in [7, 11) is 0. The first-order valence-corrected chi connectivity index (χ1v) is 10.6. The fourth-order valence-electron chi connectivity index (χ4n) is 7.00. The second kappa shape index (κ2) is 6.53. The van der Waals surface area contributed by atoms with Gasteiger partial charge in [0, 0.05) is 13.2 Å². The molecule has 0 aliphatic heterocycles. The Hall–Kier alpha value is -0.610. The second-order valence-corrected chi connectivity index (χ2v) is 9.75. The Kier molecular flexibility index (Phi) is 4.64. The van der Waals surface area contributed by atoms with Gasteiger partial charge in [-0.1, -0.05) is 26.2 Å². The van der Waals surface area contributed by atoms with Crippen molar-refractivity contribution in [2.75, 3.05) is 13.2 Å². The molecule has 0 saturated heterocycles. The van der Waals surface area contributed by atoms with Gasteiger partial charge in [0.1, 0.15) is 0 Å². The lowest BCUT2D eigenvalue weighted by Crippen LogP contribution is -2.63. The van der Waals surface area contributed by atoms with E-state index in [0.717, 1.165) is 45.1 Å². The van der Waals surface area contributed by atoms with Crippen LogP contribution in [0.1, 0.15) is 84.0 Å². The highest BCUT2D eigenvalue weighted by Gasteiger charge is 2.64. The van der Waals surface area contributed by atoms with Crippen LogP contribution in [0.3, 0.4) is 0 Å². The lowest BCUT2D eigenvalue weighted by atomic mass is 9.42. The minimum absolute atomic E-state index is 0.203. The van der Waals surface area contributed by atoms with Crippen LogP contribution < -0.4 is 5.32 Å². The van der Waals surface area contributed by atoms with Gasteiger partial charge in [-0.25, -0.2) is 0 Å². The van der Waals surface area contributed by atoms with Crippen molar-refractivity contribution in [3.63, 3.8) is 0 Å². The number of ether oxygens (including phenoxy) is 1. The Morgan fingerprint density at radius 1 is 1.16 bits per heavy atom. The van der Waals surface area contributed by atoms with Crippen LogP contribution >= 0.6 is 0 Å². The molecule has 25 heavy (non-hydrogen) atoms. The molecule has 5 aliphatic rings. The smallest absolute Gasteiger partial charge is 0.226 e. The van der Waals surface area contributed by atoms with E-state index in [2.05, 4.69) is 12.2 Å². The number of carbonyl (C=O) groups is 1. The van der Waals surface area contributed by atoms with E-state index in [0.29, 0.717) is 25.0 Å². The minimum atomic E-state index is -0.585. The molecule has 0 heterocycles. The summed E-state index contributed by atoms with van der Waals surface area (Å²) in [6.07, 6.45) is 13.2. The molecule has 1 amide bonds. The molecule has 142 valence electrons. The van der Waals surface area contributed by atoms with E-state index >= 15 is 0 Å². The molecule has 0 aromatic rings. The van der Waals surface area contributed by atoms with Crippen molar-refractivity contribution in [3.05, 3.63) is 0 Å². The molecule has 4 nitrogen and oxygen atoms in total. The number of nitrogens with one attached hydrogen (secondary N) is 1. The van der Waals surface area contributed by atoms with Crippen molar-refractivity contribution >= 4 is 5.91 Å². The number of hydrogen-bond donors (Lipinski definition) is 2. The van der Waals surface area contributed by atoms with E-state index < -0.39 is 5.60 Å². The van der Waals surface area contributed by atoms with Gasteiger partial charge in [0.25, 0.3) is 0 Å². The van der Waals surface area contributed by atoms with Gasteiger partial charge in [0.15, 0.2) is 0 Å². The molecule has 4 atom stereocenters.